The Bertz CT molecular complexity index is 783. The lowest BCUT2D eigenvalue weighted by Crippen LogP contribution is -2.51. The van der Waals surface area contributed by atoms with Crippen LogP contribution >= 0.6 is 0 Å². The van der Waals surface area contributed by atoms with Crippen molar-refractivity contribution in [3.8, 4) is 5.75 Å². The fraction of sp³-hybridized carbons (Fsp3) is 0.391. The van der Waals surface area contributed by atoms with Gasteiger partial charge in [0, 0.05) is 32.6 Å². The summed E-state index contributed by atoms with van der Waals surface area (Å²) < 4.78 is 5.60. The van der Waals surface area contributed by atoms with E-state index in [1.807, 2.05) is 54.3 Å². The molecule has 0 spiro atoms. The van der Waals surface area contributed by atoms with E-state index in [1.54, 1.807) is 4.90 Å². The van der Waals surface area contributed by atoms with Crippen LogP contribution in [-0.4, -0.2) is 54.4 Å². The first-order chi connectivity index (χ1) is 13.6. The van der Waals surface area contributed by atoms with E-state index in [1.165, 1.54) is 5.56 Å². The SMILES string of the molecule is Cc1cccc(OCC(=O)N2CCN(C(=O)CCCc3ccccc3)CC2)c1. The second kappa shape index (κ2) is 9.93. The minimum absolute atomic E-state index is 0.0299. The molecule has 1 fully saturated rings. The average Bonchev–Trinajstić information content (AvgIpc) is 2.73. The van der Waals surface area contributed by atoms with Crippen molar-refractivity contribution in [1.29, 1.82) is 0 Å². The van der Waals surface area contributed by atoms with E-state index in [4.69, 9.17) is 4.74 Å². The third-order valence-electron chi connectivity index (χ3n) is 5.04. The van der Waals surface area contributed by atoms with Gasteiger partial charge in [-0.25, -0.2) is 0 Å². The van der Waals surface area contributed by atoms with Crippen molar-refractivity contribution in [2.45, 2.75) is 26.2 Å². The summed E-state index contributed by atoms with van der Waals surface area (Å²) in [6.45, 7) is 4.36. The smallest absolute Gasteiger partial charge is 0.260 e. The minimum atomic E-state index is -0.0299. The van der Waals surface area contributed by atoms with Crippen molar-refractivity contribution in [2.24, 2.45) is 0 Å². The van der Waals surface area contributed by atoms with Crippen LogP contribution in [0.5, 0.6) is 5.75 Å². The summed E-state index contributed by atoms with van der Waals surface area (Å²) in [7, 11) is 0. The highest BCUT2D eigenvalue weighted by Crippen LogP contribution is 2.13. The molecule has 28 heavy (non-hydrogen) atoms. The van der Waals surface area contributed by atoms with Crippen molar-refractivity contribution >= 4 is 11.8 Å². The summed E-state index contributed by atoms with van der Waals surface area (Å²) in [5, 5.41) is 0. The number of carbonyl (C=O) groups excluding carboxylic acids is 2. The molecule has 0 saturated carbocycles. The Hall–Kier alpha value is -2.82. The zero-order chi connectivity index (χ0) is 19.8. The molecule has 0 radical (unpaired) electrons. The number of ether oxygens (including phenoxy) is 1. The molecule has 0 atom stereocenters. The first-order valence-corrected chi connectivity index (χ1v) is 9.91. The third kappa shape index (κ3) is 5.84. The van der Waals surface area contributed by atoms with Gasteiger partial charge in [-0.05, 0) is 43.0 Å². The normalized spacial score (nSPS) is 14.0. The minimum Gasteiger partial charge on any atom is -0.484 e. The third-order valence-corrected chi connectivity index (χ3v) is 5.04. The Kier molecular flexibility index (Phi) is 7.06. The maximum Gasteiger partial charge on any atom is 0.260 e. The molecule has 1 saturated heterocycles. The van der Waals surface area contributed by atoms with Crippen LogP contribution in [0.15, 0.2) is 54.6 Å². The van der Waals surface area contributed by atoms with Gasteiger partial charge >= 0.3 is 0 Å². The van der Waals surface area contributed by atoms with E-state index in [0.717, 1.165) is 18.4 Å². The molecule has 0 aliphatic carbocycles. The molecular formula is C23H28N2O3. The Balaban J connectivity index is 1.36. The van der Waals surface area contributed by atoms with Crippen LogP contribution < -0.4 is 4.74 Å². The Morgan fingerprint density at radius 2 is 1.57 bits per heavy atom. The number of hydrogen-bond acceptors (Lipinski definition) is 3. The predicted octanol–water partition coefficient (Wildman–Crippen LogP) is 3.07. The summed E-state index contributed by atoms with van der Waals surface area (Å²) >= 11 is 0. The van der Waals surface area contributed by atoms with Gasteiger partial charge in [0.15, 0.2) is 6.61 Å². The molecule has 1 aliphatic heterocycles. The van der Waals surface area contributed by atoms with Gasteiger partial charge in [-0.2, -0.15) is 0 Å². The van der Waals surface area contributed by atoms with E-state index < -0.39 is 0 Å². The lowest BCUT2D eigenvalue weighted by atomic mass is 10.1. The Morgan fingerprint density at radius 1 is 0.893 bits per heavy atom. The fourth-order valence-electron chi connectivity index (χ4n) is 3.39. The second-order valence-corrected chi connectivity index (χ2v) is 7.21. The van der Waals surface area contributed by atoms with Gasteiger partial charge in [0.1, 0.15) is 5.75 Å². The monoisotopic (exact) mass is 380 g/mol. The van der Waals surface area contributed by atoms with Gasteiger partial charge in [-0.15, -0.1) is 0 Å². The summed E-state index contributed by atoms with van der Waals surface area (Å²) in [5.41, 5.74) is 2.36. The highest BCUT2D eigenvalue weighted by atomic mass is 16.5. The van der Waals surface area contributed by atoms with E-state index >= 15 is 0 Å². The van der Waals surface area contributed by atoms with E-state index in [0.29, 0.717) is 38.3 Å². The molecular weight excluding hydrogens is 352 g/mol. The highest BCUT2D eigenvalue weighted by molar-refractivity contribution is 5.79. The van der Waals surface area contributed by atoms with E-state index in [-0.39, 0.29) is 18.4 Å². The molecule has 2 aromatic rings. The molecule has 0 bridgehead atoms. The molecule has 5 nitrogen and oxygen atoms in total. The fourth-order valence-corrected chi connectivity index (χ4v) is 3.39. The van der Waals surface area contributed by atoms with Crippen LogP contribution in [0, 0.1) is 6.92 Å². The summed E-state index contributed by atoms with van der Waals surface area (Å²) in [4.78, 5) is 28.4. The maximum absolute atomic E-state index is 12.4. The first-order valence-electron chi connectivity index (χ1n) is 9.91. The molecule has 5 heteroatoms. The standard InChI is InChI=1S/C23H28N2O3/c1-19-7-5-11-21(17-19)28-18-23(27)25-15-13-24(14-16-25)22(26)12-6-10-20-8-3-2-4-9-20/h2-5,7-9,11,17H,6,10,12-16,18H2,1H3. The molecule has 3 rings (SSSR count). The molecule has 148 valence electrons. The quantitative estimate of drug-likeness (QED) is 0.742. The van der Waals surface area contributed by atoms with Gasteiger partial charge in [0.2, 0.25) is 5.91 Å². The topological polar surface area (TPSA) is 49.9 Å². The van der Waals surface area contributed by atoms with Gasteiger partial charge in [-0.1, -0.05) is 42.5 Å². The number of hydrogen-bond donors (Lipinski definition) is 0. The lowest BCUT2D eigenvalue weighted by molar-refractivity contribution is -0.140. The number of piperazine rings is 1. The average molecular weight is 380 g/mol. The van der Waals surface area contributed by atoms with Crippen LogP contribution in [0.3, 0.4) is 0 Å². The largest absolute Gasteiger partial charge is 0.484 e. The highest BCUT2D eigenvalue weighted by Gasteiger charge is 2.24. The first kappa shape index (κ1) is 19.9. The number of nitrogens with zero attached hydrogens (tertiary/aromatic N) is 2. The van der Waals surface area contributed by atoms with Crippen LogP contribution in [0.4, 0.5) is 0 Å². The molecule has 1 aliphatic rings. The van der Waals surface area contributed by atoms with Crippen molar-refractivity contribution in [2.75, 3.05) is 32.8 Å². The van der Waals surface area contributed by atoms with Crippen molar-refractivity contribution in [1.82, 2.24) is 9.80 Å². The number of carbonyl (C=O) groups is 2. The second-order valence-electron chi connectivity index (χ2n) is 7.21. The zero-order valence-corrected chi connectivity index (χ0v) is 16.5. The van der Waals surface area contributed by atoms with E-state index in [9.17, 15) is 9.59 Å². The maximum atomic E-state index is 12.4. The number of rotatable bonds is 7. The Morgan fingerprint density at radius 3 is 2.25 bits per heavy atom. The molecule has 2 aromatic carbocycles. The molecule has 0 unspecified atom stereocenters. The van der Waals surface area contributed by atoms with Crippen LogP contribution in [-0.2, 0) is 16.0 Å². The number of benzene rings is 2. The van der Waals surface area contributed by atoms with Crippen LogP contribution in [0.2, 0.25) is 0 Å². The van der Waals surface area contributed by atoms with E-state index in [2.05, 4.69) is 12.1 Å². The number of aryl methyl sites for hydroxylation is 2. The van der Waals surface area contributed by atoms with Gasteiger partial charge < -0.3 is 14.5 Å². The molecule has 0 aromatic heterocycles. The van der Waals surface area contributed by atoms with Crippen molar-refractivity contribution < 1.29 is 14.3 Å². The predicted molar refractivity (Wildman–Crippen MR) is 109 cm³/mol. The molecule has 2 amide bonds. The van der Waals surface area contributed by atoms with Crippen molar-refractivity contribution in [3.05, 3.63) is 65.7 Å². The zero-order valence-electron chi connectivity index (χ0n) is 16.5. The summed E-state index contributed by atoms with van der Waals surface area (Å²) in [6, 6.07) is 17.9. The lowest BCUT2D eigenvalue weighted by Gasteiger charge is -2.34. The summed E-state index contributed by atoms with van der Waals surface area (Å²) in [5.74, 6) is 0.859. The van der Waals surface area contributed by atoms with Crippen molar-refractivity contribution in [3.63, 3.8) is 0 Å². The van der Waals surface area contributed by atoms with Crippen LogP contribution in [0.25, 0.3) is 0 Å². The van der Waals surface area contributed by atoms with Gasteiger partial charge in [-0.3, -0.25) is 9.59 Å². The molecule has 1 heterocycles. The molecule has 0 N–H and O–H groups in total. The summed E-state index contributed by atoms with van der Waals surface area (Å²) in [6.07, 6.45) is 2.33. The number of amides is 2. The van der Waals surface area contributed by atoms with Gasteiger partial charge in [0.25, 0.3) is 5.91 Å². The van der Waals surface area contributed by atoms with Gasteiger partial charge in [0.05, 0.1) is 0 Å². The van der Waals surface area contributed by atoms with Crippen LogP contribution in [0.1, 0.15) is 24.0 Å². The Labute approximate surface area is 166 Å².